The monoisotopic (exact) mass is 332 g/mol. The molecule has 1 aromatic heterocycles. The summed E-state index contributed by atoms with van der Waals surface area (Å²) in [6, 6.07) is 1.74. The van der Waals surface area contributed by atoms with Crippen molar-refractivity contribution in [1.29, 1.82) is 0 Å². The van der Waals surface area contributed by atoms with Crippen molar-refractivity contribution in [3.63, 3.8) is 0 Å². The van der Waals surface area contributed by atoms with E-state index in [2.05, 4.69) is 9.68 Å². The quantitative estimate of drug-likeness (QED) is 0.852. The predicted molar refractivity (Wildman–Crippen MR) is 69.7 cm³/mol. The first-order chi connectivity index (χ1) is 10.7. The third kappa shape index (κ3) is 4.07. The summed E-state index contributed by atoms with van der Waals surface area (Å²) in [6.45, 7) is 0.00529. The Morgan fingerprint density at radius 2 is 2.09 bits per heavy atom. The van der Waals surface area contributed by atoms with Crippen LogP contribution in [0.4, 0.5) is 17.6 Å². The Morgan fingerprint density at radius 3 is 2.61 bits per heavy atom. The third-order valence-corrected chi connectivity index (χ3v) is 3.14. The molecule has 124 valence electrons. The molecule has 0 aliphatic carbocycles. The van der Waals surface area contributed by atoms with E-state index in [1.54, 1.807) is 0 Å². The van der Waals surface area contributed by atoms with Gasteiger partial charge in [-0.25, -0.2) is 4.39 Å². The van der Waals surface area contributed by atoms with Crippen LogP contribution in [-0.4, -0.2) is 28.2 Å². The number of nitrogens with zero attached hydrogens (tertiary/aromatic N) is 2. The zero-order valence-corrected chi connectivity index (χ0v) is 11.8. The topological polar surface area (TPSA) is 66.6 Å². The highest BCUT2D eigenvalue weighted by Crippen LogP contribution is 2.33. The highest BCUT2D eigenvalue weighted by Gasteiger charge is 2.34. The van der Waals surface area contributed by atoms with Crippen LogP contribution in [0.3, 0.4) is 0 Å². The van der Waals surface area contributed by atoms with Crippen LogP contribution in [-0.2, 0) is 17.5 Å². The van der Waals surface area contributed by atoms with Crippen molar-refractivity contribution < 1.29 is 32.0 Å². The van der Waals surface area contributed by atoms with E-state index < -0.39 is 29.6 Å². The maximum absolute atomic E-state index is 13.5. The molecule has 1 N–H and O–H groups in total. The second-order valence-electron chi connectivity index (χ2n) is 4.92. The number of aliphatic carboxylic acids is 1. The number of halogens is 4. The van der Waals surface area contributed by atoms with Crippen molar-refractivity contribution >= 4 is 5.97 Å². The first-order valence-electron chi connectivity index (χ1n) is 6.38. The number of likely N-dealkylation sites (N-methyl/N-ethyl adjacent to an activating group) is 1. The largest absolute Gasteiger partial charge is 0.480 e. The summed E-state index contributed by atoms with van der Waals surface area (Å²) < 4.78 is 56.4. The number of hydrogen-bond acceptors (Lipinski definition) is 4. The molecule has 0 bridgehead atoms. The highest BCUT2D eigenvalue weighted by atomic mass is 19.4. The molecule has 9 heteroatoms. The molecule has 0 aliphatic heterocycles. The summed E-state index contributed by atoms with van der Waals surface area (Å²) in [5, 5.41) is 12.9. The fourth-order valence-electron chi connectivity index (χ4n) is 2.19. The maximum atomic E-state index is 13.5. The lowest BCUT2D eigenvalue weighted by Gasteiger charge is -2.24. The first-order valence-corrected chi connectivity index (χ1v) is 6.38. The summed E-state index contributed by atoms with van der Waals surface area (Å²) in [7, 11) is 1.38. The van der Waals surface area contributed by atoms with Gasteiger partial charge in [0.25, 0.3) is 0 Å². The zero-order valence-electron chi connectivity index (χ0n) is 11.8. The van der Waals surface area contributed by atoms with Crippen LogP contribution in [0, 0.1) is 5.82 Å². The van der Waals surface area contributed by atoms with Gasteiger partial charge in [-0.15, -0.1) is 0 Å². The minimum atomic E-state index is -4.77. The minimum absolute atomic E-state index is 0.00529. The van der Waals surface area contributed by atoms with Gasteiger partial charge in [-0.3, -0.25) is 9.69 Å². The Kier molecular flexibility index (Phi) is 4.69. The highest BCUT2D eigenvalue weighted by molar-refractivity contribution is 5.75. The van der Waals surface area contributed by atoms with E-state index in [0.29, 0.717) is 17.8 Å². The van der Waals surface area contributed by atoms with E-state index in [4.69, 9.17) is 0 Å². The molecular weight excluding hydrogens is 320 g/mol. The number of alkyl halides is 3. The van der Waals surface area contributed by atoms with Crippen molar-refractivity contribution in [2.24, 2.45) is 0 Å². The van der Waals surface area contributed by atoms with Gasteiger partial charge in [-0.05, 0) is 30.8 Å². The summed E-state index contributed by atoms with van der Waals surface area (Å²) >= 11 is 0. The molecule has 2 aromatic rings. The Bertz CT molecular complexity index is 686. The Balaban J connectivity index is 2.37. The van der Waals surface area contributed by atoms with Gasteiger partial charge in [-0.2, -0.15) is 13.2 Å². The number of aromatic nitrogens is 1. The van der Waals surface area contributed by atoms with Gasteiger partial charge in [0.05, 0.1) is 11.3 Å². The molecule has 0 aliphatic rings. The van der Waals surface area contributed by atoms with Gasteiger partial charge in [0.15, 0.2) is 0 Å². The molecule has 0 fully saturated rings. The Morgan fingerprint density at radius 1 is 1.39 bits per heavy atom. The Labute approximate surface area is 128 Å². The van der Waals surface area contributed by atoms with Gasteiger partial charge in [0, 0.05) is 12.6 Å². The number of rotatable bonds is 5. The van der Waals surface area contributed by atoms with Gasteiger partial charge in [0.2, 0.25) is 0 Å². The van der Waals surface area contributed by atoms with Crippen LogP contribution < -0.4 is 0 Å². The van der Waals surface area contributed by atoms with E-state index in [0.717, 1.165) is 6.07 Å². The molecule has 0 spiro atoms. The second-order valence-corrected chi connectivity index (χ2v) is 4.92. The standard InChI is InChI=1S/C14H12F4N2O3/c1-20(7-11-2-3-23-19-11)12(13(21)22)8-4-9(14(16,17)18)6-10(15)5-8/h2-6,12H,7H2,1H3,(H,21,22). The number of carboxylic acid groups (broad SMARTS) is 1. The molecule has 2 rings (SSSR count). The second kappa shape index (κ2) is 6.37. The van der Waals surface area contributed by atoms with Crippen LogP contribution >= 0.6 is 0 Å². The molecule has 1 atom stereocenters. The average Bonchev–Trinajstić information content (AvgIpc) is 2.89. The molecule has 5 nitrogen and oxygen atoms in total. The molecule has 1 heterocycles. The third-order valence-electron chi connectivity index (χ3n) is 3.14. The van der Waals surface area contributed by atoms with Gasteiger partial charge < -0.3 is 9.63 Å². The molecule has 0 saturated heterocycles. The summed E-state index contributed by atoms with van der Waals surface area (Å²) in [6.07, 6.45) is -3.49. The molecule has 1 unspecified atom stereocenters. The van der Waals surface area contributed by atoms with Gasteiger partial charge in [-0.1, -0.05) is 5.16 Å². The molecule has 1 aromatic carbocycles. The number of carboxylic acids is 1. The summed E-state index contributed by atoms with van der Waals surface area (Å²) in [5.41, 5.74) is -1.16. The fraction of sp³-hybridized carbons (Fsp3) is 0.286. The number of carbonyl (C=O) groups is 1. The van der Waals surface area contributed by atoms with Crippen molar-refractivity contribution in [3.05, 3.63) is 53.2 Å². The lowest BCUT2D eigenvalue weighted by atomic mass is 10.0. The lowest BCUT2D eigenvalue weighted by Crippen LogP contribution is -2.31. The van der Waals surface area contributed by atoms with Crippen LogP contribution in [0.1, 0.15) is 22.9 Å². The number of hydrogen-bond donors (Lipinski definition) is 1. The smallest absolute Gasteiger partial charge is 0.416 e. The Hall–Kier alpha value is -2.42. The molecular formula is C14H12F4N2O3. The molecule has 0 saturated carbocycles. The van der Waals surface area contributed by atoms with Crippen LogP contribution in [0.2, 0.25) is 0 Å². The zero-order chi connectivity index (χ0) is 17.2. The molecule has 0 radical (unpaired) electrons. The van der Waals surface area contributed by atoms with Gasteiger partial charge >= 0.3 is 12.1 Å². The average molecular weight is 332 g/mol. The van der Waals surface area contributed by atoms with E-state index >= 15 is 0 Å². The minimum Gasteiger partial charge on any atom is -0.480 e. The van der Waals surface area contributed by atoms with E-state index in [1.807, 2.05) is 0 Å². The van der Waals surface area contributed by atoms with E-state index in [-0.39, 0.29) is 12.1 Å². The molecule has 23 heavy (non-hydrogen) atoms. The van der Waals surface area contributed by atoms with E-state index in [1.165, 1.54) is 24.3 Å². The van der Waals surface area contributed by atoms with Crippen molar-refractivity contribution in [3.8, 4) is 0 Å². The van der Waals surface area contributed by atoms with Crippen molar-refractivity contribution in [2.75, 3.05) is 7.05 Å². The molecule has 0 amide bonds. The van der Waals surface area contributed by atoms with Crippen molar-refractivity contribution in [2.45, 2.75) is 18.8 Å². The normalized spacial score (nSPS) is 13.3. The van der Waals surface area contributed by atoms with Crippen molar-refractivity contribution in [1.82, 2.24) is 10.1 Å². The number of benzene rings is 1. The summed E-state index contributed by atoms with van der Waals surface area (Å²) in [5.74, 6) is -2.56. The van der Waals surface area contributed by atoms with Crippen LogP contribution in [0.25, 0.3) is 0 Å². The van der Waals surface area contributed by atoms with E-state index in [9.17, 15) is 27.5 Å². The van der Waals surface area contributed by atoms with Gasteiger partial charge in [0.1, 0.15) is 18.1 Å². The maximum Gasteiger partial charge on any atom is 0.416 e. The predicted octanol–water partition coefficient (Wildman–Crippen LogP) is 3.09. The SMILES string of the molecule is CN(Cc1ccon1)C(C(=O)O)c1cc(F)cc(C(F)(F)F)c1. The van der Waals surface area contributed by atoms with Crippen LogP contribution in [0.15, 0.2) is 35.1 Å². The summed E-state index contributed by atoms with van der Waals surface area (Å²) in [4.78, 5) is 12.7. The lowest BCUT2D eigenvalue weighted by molar-refractivity contribution is -0.144. The first kappa shape index (κ1) is 16.9. The fourth-order valence-corrected chi connectivity index (χ4v) is 2.19. The van der Waals surface area contributed by atoms with Crippen LogP contribution in [0.5, 0.6) is 0 Å².